The van der Waals surface area contributed by atoms with Crippen molar-refractivity contribution in [3.8, 4) is 11.5 Å². The van der Waals surface area contributed by atoms with Crippen molar-refractivity contribution in [1.29, 1.82) is 0 Å². The first-order chi connectivity index (χ1) is 27.5. The Bertz CT molecular complexity index is 2350. The molecule has 4 amide bonds. The molecule has 0 radical (unpaired) electrons. The van der Waals surface area contributed by atoms with Crippen LogP contribution in [0.2, 0.25) is 15.1 Å². The fraction of sp³-hybridized carbons (Fsp3) is 0.302. The van der Waals surface area contributed by atoms with Crippen molar-refractivity contribution in [3.05, 3.63) is 123 Å². The maximum atomic E-state index is 15.5. The van der Waals surface area contributed by atoms with Gasteiger partial charge in [-0.2, -0.15) is 5.01 Å². The Kier molecular flexibility index (Phi) is 9.47. The van der Waals surface area contributed by atoms with Crippen LogP contribution in [0.1, 0.15) is 29.9 Å². The van der Waals surface area contributed by atoms with E-state index in [4.69, 9.17) is 44.3 Å². The summed E-state index contributed by atoms with van der Waals surface area (Å²) in [5, 5.41) is 12.2. The molecule has 2 N–H and O–H groups in total. The highest BCUT2D eigenvalue weighted by Crippen LogP contribution is 2.65. The second-order valence-electron chi connectivity index (χ2n) is 15.0. The van der Waals surface area contributed by atoms with Gasteiger partial charge in [-0.05, 0) is 96.6 Å². The monoisotopic (exact) mass is 826 g/mol. The Morgan fingerprint density at radius 1 is 0.807 bits per heavy atom. The number of halogens is 3. The zero-order chi connectivity index (χ0) is 39.7. The van der Waals surface area contributed by atoms with Gasteiger partial charge in [0.05, 0.1) is 59.9 Å². The average Bonchev–Trinajstić information content (AvgIpc) is 3.60. The maximum Gasteiger partial charge on any atom is 0.260 e. The van der Waals surface area contributed by atoms with Crippen molar-refractivity contribution in [2.45, 2.75) is 24.2 Å². The fourth-order valence-corrected chi connectivity index (χ4v) is 10.6. The zero-order valence-corrected chi connectivity index (χ0v) is 32.9. The molecule has 57 heavy (non-hydrogen) atoms. The van der Waals surface area contributed by atoms with Gasteiger partial charge in [0.25, 0.3) is 11.8 Å². The predicted molar refractivity (Wildman–Crippen MR) is 216 cm³/mol. The summed E-state index contributed by atoms with van der Waals surface area (Å²) in [5.41, 5.74) is 4.89. The number of nitrogens with one attached hydrogen (secondary N) is 1. The second-order valence-corrected chi connectivity index (χ2v) is 16.3. The third kappa shape index (κ3) is 5.89. The molecule has 6 atom stereocenters. The summed E-state index contributed by atoms with van der Waals surface area (Å²) in [6.45, 7) is 2.73. The van der Waals surface area contributed by atoms with Crippen molar-refractivity contribution >= 4 is 75.5 Å². The van der Waals surface area contributed by atoms with E-state index >= 15 is 4.79 Å². The van der Waals surface area contributed by atoms with E-state index in [0.29, 0.717) is 40.8 Å². The van der Waals surface area contributed by atoms with Crippen molar-refractivity contribution in [2.24, 2.45) is 23.7 Å². The van der Waals surface area contributed by atoms with Gasteiger partial charge in [0.2, 0.25) is 11.8 Å². The number of nitrogens with zero attached hydrogens (tertiary/aromatic N) is 3. The Morgan fingerprint density at radius 2 is 1.53 bits per heavy atom. The molecule has 3 heterocycles. The number of anilines is 3. The Hall–Kier alpha value is -5.07. The van der Waals surface area contributed by atoms with Gasteiger partial charge in [-0.25, -0.2) is 0 Å². The smallest absolute Gasteiger partial charge is 0.260 e. The number of carbonyl (C=O) groups is 4. The van der Waals surface area contributed by atoms with E-state index in [-0.39, 0.29) is 46.1 Å². The molecule has 14 heteroatoms. The van der Waals surface area contributed by atoms with Gasteiger partial charge in [-0.15, -0.1) is 0 Å². The van der Waals surface area contributed by atoms with Crippen molar-refractivity contribution < 1.29 is 33.8 Å². The summed E-state index contributed by atoms with van der Waals surface area (Å²) in [4.78, 5) is 63.0. The van der Waals surface area contributed by atoms with E-state index in [1.54, 1.807) is 54.6 Å². The van der Waals surface area contributed by atoms with Crippen LogP contribution in [0.3, 0.4) is 0 Å². The summed E-state index contributed by atoms with van der Waals surface area (Å²) in [6, 6.07) is 23.7. The number of benzene rings is 4. The highest BCUT2D eigenvalue weighted by molar-refractivity contribution is 6.36. The molecule has 4 aromatic carbocycles. The molecule has 3 saturated heterocycles. The number of aromatic hydroxyl groups is 1. The van der Waals surface area contributed by atoms with Gasteiger partial charge in [0.1, 0.15) is 11.5 Å². The molecule has 4 aromatic rings. The molecule has 2 aliphatic carbocycles. The molecular formula is C43H37Cl3N4O7. The molecular weight excluding hydrogens is 791 g/mol. The summed E-state index contributed by atoms with van der Waals surface area (Å²) in [6.07, 6.45) is 2.29. The van der Waals surface area contributed by atoms with Gasteiger partial charge >= 0.3 is 0 Å². The minimum atomic E-state index is -1.59. The number of morpholine rings is 1. The first-order valence-corrected chi connectivity index (χ1v) is 19.9. The number of allylic oxidation sites excluding steroid dienone is 2. The third-order valence-electron chi connectivity index (χ3n) is 12.4. The molecule has 4 fully saturated rings. The standard InChI is InChI=1S/C43H37Cl3N4O7/c1-56-28-10-2-23(3-11-28)43-33(40(53)50(42(43)55)47-36-15-4-24(44)20-35(36)46)22-32-29(38(43)30-12-9-27(51)21-34(30)45)13-14-31-37(32)41(54)49(39(31)52)26-7-5-25(6-8-26)48-16-18-57-19-17-48/h2-13,15,20-21,31-33,37-38,47,51H,14,16-19,22H2,1H3/t31-,32+,33-,37-,38+,43+/m0/s1. The summed E-state index contributed by atoms with van der Waals surface area (Å²) in [5.74, 6) is -5.29. The molecule has 0 aromatic heterocycles. The van der Waals surface area contributed by atoms with Crippen LogP contribution in [0.15, 0.2) is 96.6 Å². The van der Waals surface area contributed by atoms with Crippen LogP contribution in [0, 0.1) is 23.7 Å². The van der Waals surface area contributed by atoms with E-state index in [1.807, 2.05) is 18.2 Å². The Labute approximate surface area is 343 Å². The van der Waals surface area contributed by atoms with Gasteiger partial charge in [-0.1, -0.05) is 64.7 Å². The van der Waals surface area contributed by atoms with Gasteiger partial charge in [-0.3, -0.25) is 29.5 Å². The molecule has 1 saturated carbocycles. The van der Waals surface area contributed by atoms with E-state index in [1.165, 1.54) is 30.2 Å². The molecule has 0 unspecified atom stereocenters. The molecule has 9 rings (SSSR count). The number of fused-ring (bicyclic) bond motifs is 4. The van der Waals surface area contributed by atoms with Crippen LogP contribution in [0.4, 0.5) is 17.1 Å². The lowest BCUT2D eigenvalue weighted by Crippen LogP contribution is -2.53. The van der Waals surface area contributed by atoms with Crippen LogP contribution >= 0.6 is 34.8 Å². The summed E-state index contributed by atoms with van der Waals surface area (Å²) >= 11 is 19.7. The minimum absolute atomic E-state index is 0.0785. The molecule has 0 spiro atoms. The number of phenolic OH excluding ortho intramolecular Hbond substituents is 1. The van der Waals surface area contributed by atoms with Crippen molar-refractivity contribution in [2.75, 3.05) is 48.6 Å². The third-order valence-corrected chi connectivity index (χ3v) is 13.2. The van der Waals surface area contributed by atoms with E-state index < -0.39 is 46.8 Å². The number of hydrogen-bond acceptors (Lipinski definition) is 9. The fourth-order valence-electron chi connectivity index (χ4n) is 9.83. The van der Waals surface area contributed by atoms with E-state index in [9.17, 15) is 19.5 Å². The molecule has 3 aliphatic heterocycles. The highest BCUT2D eigenvalue weighted by atomic mass is 35.5. The number of methoxy groups -OCH3 is 1. The van der Waals surface area contributed by atoms with Crippen LogP contribution < -0.4 is 20.0 Å². The topological polar surface area (TPSA) is 129 Å². The largest absolute Gasteiger partial charge is 0.508 e. The van der Waals surface area contributed by atoms with Gasteiger partial charge in [0, 0.05) is 34.7 Å². The molecule has 292 valence electrons. The lowest BCUT2D eigenvalue weighted by atomic mass is 9.49. The number of ether oxygens (including phenoxy) is 2. The number of amides is 4. The summed E-state index contributed by atoms with van der Waals surface area (Å²) < 4.78 is 11.0. The molecule has 0 bridgehead atoms. The van der Waals surface area contributed by atoms with Crippen LogP contribution in [-0.2, 0) is 29.3 Å². The quantitative estimate of drug-likeness (QED) is 0.145. The molecule has 11 nitrogen and oxygen atoms in total. The minimum Gasteiger partial charge on any atom is -0.508 e. The first kappa shape index (κ1) is 37.5. The number of imide groups is 2. The number of phenols is 1. The number of hydrogen-bond donors (Lipinski definition) is 2. The van der Waals surface area contributed by atoms with Crippen LogP contribution in [0.5, 0.6) is 11.5 Å². The highest BCUT2D eigenvalue weighted by Gasteiger charge is 2.70. The Balaban J connectivity index is 1.18. The number of rotatable bonds is 7. The summed E-state index contributed by atoms with van der Waals surface area (Å²) in [7, 11) is 1.54. The van der Waals surface area contributed by atoms with Gasteiger partial charge in [0.15, 0.2) is 0 Å². The van der Waals surface area contributed by atoms with Crippen molar-refractivity contribution in [1.82, 2.24) is 5.01 Å². The van der Waals surface area contributed by atoms with Crippen LogP contribution in [0.25, 0.3) is 0 Å². The van der Waals surface area contributed by atoms with Gasteiger partial charge < -0.3 is 19.5 Å². The predicted octanol–water partition coefficient (Wildman–Crippen LogP) is 7.39. The lowest BCUT2D eigenvalue weighted by Gasteiger charge is -2.50. The second kappa shape index (κ2) is 14.4. The lowest BCUT2D eigenvalue weighted by molar-refractivity contribution is -0.138. The van der Waals surface area contributed by atoms with Crippen molar-refractivity contribution in [3.63, 3.8) is 0 Å². The molecule has 5 aliphatic rings. The number of hydrazine groups is 1. The SMILES string of the molecule is COc1ccc([C@@]23C(=O)N(Nc4ccc(Cl)cc4Cl)C(=O)[C@@H]2C[C@@H]2C(=CC[C@@H]4C(=O)N(c5ccc(N6CCOCC6)cc5)C(=O)[C@@H]42)[C@@H]3c2ccc(O)cc2Cl)cc1. The maximum absolute atomic E-state index is 15.5. The Morgan fingerprint density at radius 3 is 2.21 bits per heavy atom. The normalized spacial score (nSPS) is 26.9. The van der Waals surface area contributed by atoms with Crippen LogP contribution in [-0.4, -0.2) is 67.2 Å². The number of carbonyl (C=O) groups excluding carboxylic acids is 4. The van der Waals surface area contributed by atoms with E-state index in [0.717, 1.165) is 29.4 Å². The average molecular weight is 828 g/mol. The van der Waals surface area contributed by atoms with E-state index in [2.05, 4.69) is 10.3 Å². The zero-order valence-electron chi connectivity index (χ0n) is 30.7. The first-order valence-electron chi connectivity index (χ1n) is 18.8.